The summed E-state index contributed by atoms with van der Waals surface area (Å²) in [5, 5.41) is 13.0. The average molecular weight is 306 g/mol. The Kier molecular flexibility index (Phi) is 5.42. The van der Waals surface area contributed by atoms with Gasteiger partial charge in [0.1, 0.15) is 18.5 Å². The zero-order valence-corrected chi connectivity index (χ0v) is 13.8. The van der Waals surface area contributed by atoms with Gasteiger partial charge >= 0.3 is 0 Å². The average Bonchev–Trinajstić information content (AvgIpc) is 2.48. The summed E-state index contributed by atoms with van der Waals surface area (Å²) in [6, 6.07) is 3.90. The van der Waals surface area contributed by atoms with Crippen LogP contribution in [-0.2, 0) is 4.79 Å². The number of aliphatic hydroxyl groups is 1. The monoisotopic (exact) mass is 306 g/mol. The van der Waals surface area contributed by atoms with Crippen molar-refractivity contribution in [3.63, 3.8) is 0 Å². The first-order valence-corrected chi connectivity index (χ1v) is 7.79. The van der Waals surface area contributed by atoms with Crippen LogP contribution in [0.5, 0.6) is 5.75 Å². The van der Waals surface area contributed by atoms with Crippen molar-refractivity contribution in [2.45, 2.75) is 39.8 Å². The summed E-state index contributed by atoms with van der Waals surface area (Å²) in [6.45, 7) is 10.0. The van der Waals surface area contributed by atoms with E-state index in [0.29, 0.717) is 13.1 Å². The van der Waals surface area contributed by atoms with Gasteiger partial charge in [-0.3, -0.25) is 9.69 Å². The summed E-state index contributed by atoms with van der Waals surface area (Å²) in [6.07, 6.45) is -0.618. The molecule has 0 unspecified atom stereocenters. The molecule has 0 aromatic heterocycles. The molecule has 1 fully saturated rings. The summed E-state index contributed by atoms with van der Waals surface area (Å²) in [4.78, 5) is 13.6. The highest BCUT2D eigenvalue weighted by molar-refractivity contribution is 5.81. The standard InChI is InChI=1S/C17H26N2O3/c1-11-5-6-12(2)16(13(11)3)22-10-15(20)9-19-8-7-18-17(21)14(19)4/h5-6,14-15,20H,7-10H2,1-4H3,(H,18,21)/t14-,15-/m0/s1. The number of rotatable bonds is 5. The van der Waals surface area contributed by atoms with Crippen LogP contribution < -0.4 is 10.1 Å². The minimum atomic E-state index is -0.618. The fourth-order valence-corrected chi connectivity index (χ4v) is 2.73. The molecular formula is C17H26N2O3. The molecule has 1 aliphatic heterocycles. The minimum Gasteiger partial charge on any atom is -0.490 e. The van der Waals surface area contributed by atoms with Gasteiger partial charge in [0.15, 0.2) is 0 Å². The maximum atomic E-state index is 11.6. The number of aryl methyl sites for hydroxylation is 2. The molecule has 0 aliphatic carbocycles. The molecule has 122 valence electrons. The van der Waals surface area contributed by atoms with E-state index in [9.17, 15) is 9.90 Å². The van der Waals surface area contributed by atoms with Crippen molar-refractivity contribution < 1.29 is 14.6 Å². The van der Waals surface area contributed by atoms with Crippen LogP contribution in [-0.4, -0.2) is 54.3 Å². The van der Waals surface area contributed by atoms with E-state index in [1.54, 1.807) is 0 Å². The number of aliphatic hydroxyl groups excluding tert-OH is 1. The second kappa shape index (κ2) is 7.11. The maximum Gasteiger partial charge on any atom is 0.237 e. The SMILES string of the molecule is Cc1ccc(C)c(OC[C@@H](O)CN2CCNC(=O)[C@@H]2C)c1C. The number of piperazine rings is 1. The van der Waals surface area contributed by atoms with E-state index in [2.05, 4.69) is 11.4 Å². The van der Waals surface area contributed by atoms with Gasteiger partial charge in [0.05, 0.1) is 6.04 Å². The molecule has 5 nitrogen and oxygen atoms in total. The number of amides is 1. The highest BCUT2D eigenvalue weighted by atomic mass is 16.5. The fraction of sp³-hybridized carbons (Fsp3) is 0.588. The van der Waals surface area contributed by atoms with Crippen LogP contribution in [0.15, 0.2) is 12.1 Å². The lowest BCUT2D eigenvalue weighted by Gasteiger charge is -2.34. The predicted molar refractivity (Wildman–Crippen MR) is 86.2 cm³/mol. The maximum absolute atomic E-state index is 11.6. The molecule has 1 aromatic carbocycles. The summed E-state index contributed by atoms with van der Waals surface area (Å²) in [5.41, 5.74) is 3.36. The smallest absolute Gasteiger partial charge is 0.237 e. The van der Waals surface area contributed by atoms with E-state index in [4.69, 9.17) is 4.74 Å². The fourth-order valence-electron chi connectivity index (χ4n) is 2.73. The Hall–Kier alpha value is -1.59. The van der Waals surface area contributed by atoms with Crippen LogP contribution in [0, 0.1) is 20.8 Å². The van der Waals surface area contributed by atoms with Crippen LogP contribution in [0.1, 0.15) is 23.6 Å². The third-order valence-corrected chi connectivity index (χ3v) is 4.36. The number of hydrogen-bond donors (Lipinski definition) is 2. The highest BCUT2D eigenvalue weighted by Crippen LogP contribution is 2.25. The number of nitrogens with zero attached hydrogens (tertiary/aromatic N) is 1. The van der Waals surface area contributed by atoms with E-state index in [1.165, 1.54) is 5.56 Å². The second-order valence-corrected chi connectivity index (χ2v) is 6.08. The van der Waals surface area contributed by atoms with Crippen molar-refractivity contribution in [1.82, 2.24) is 10.2 Å². The van der Waals surface area contributed by atoms with E-state index < -0.39 is 6.10 Å². The van der Waals surface area contributed by atoms with Gasteiger partial charge in [0.25, 0.3) is 0 Å². The minimum absolute atomic E-state index is 0.0183. The number of nitrogens with one attached hydrogen (secondary N) is 1. The number of benzene rings is 1. The molecule has 0 radical (unpaired) electrons. The zero-order chi connectivity index (χ0) is 16.3. The lowest BCUT2D eigenvalue weighted by atomic mass is 10.1. The molecule has 5 heteroatoms. The molecule has 1 aliphatic rings. The van der Waals surface area contributed by atoms with E-state index in [0.717, 1.165) is 23.4 Å². The van der Waals surface area contributed by atoms with Crippen molar-refractivity contribution in [1.29, 1.82) is 0 Å². The summed E-state index contributed by atoms with van der Waals surface area (Å²) >= 11 is 0. The van der Waals surface area contributed by atoms with Gasteiger partial charge in [-0.15, -0.1) is 0 Å². The molecule has 0 spiro atoms. The molecular weight excluding hydrogens is 280 g/mol. The molecule has 0 saturated carbocycles. The van der Waals surface area contributed by atoms with Gasteiger partial charge in [-0.2, -0.15) is 0 Å². The Labute approximate surface area is 132 Å². The zero-order valence-electron chi connectivity index (χ0n) is 13.8. The Morgan fingerprint density at radius 1 is 1.36 bits per heavy atom. The lowest BCUT2D eigenvalue weighted by Crippen LogP contribution is -2.55. The first-order valence-electron chi connectivity index (χ1n) is 7.79. The van der Waals surface area contributed by atoms with Crippen LogP contribution in [0.3, 0.4) is 0 Å². The second-order valence-electron chi connectivity index (χ2n) is 6.08. The number of carbonyl (C=O) groups is 1. The van der Waals surface area contributed by atoms with Crippen molar-refractivity contribution in [3.8, 4) is 5.75 Å². The molecule has 1 saturated heterocycles. The van der Waals surface area contributed by atoms with Gasteiger partial charge in [-0.05, 0) is 44.4 Å². The molecule has 22 heavy (non-hydrogen) atoms. The largest absolute Gasteiger partial charge is 0.490 e. The Morgan fingerprint density at radius 2 is 2.05 bits per heavy atom. The summed E-state index contributed by atoms with van der Waals surface area (Å²) in [5.74, 6) is 0.869. The molecule has 1 amide bonds. The van der Waals surface area contributed by atoms with Gasteiger partial charge in [-0.25, -0.2) is 0 Å². The topological polar surface area (TPSA) is 61.8 Å². The molecule has 2 atom stereocenters. The Bertz CT molecular complexity index is 545. The van der Waals surface area contributed by atoms with E-state index in [-0.39, 0.29) is 18.6 Å². The molecule has 1 aromatic rings. The number of hydrogen-bond acceptors (Lipinski definition) is 4. The lowest BCUT2D eigenvalue weighted by molar-refractivity contribution is -0.129. The quantitative estimate of drug-likeness (QED) is 0.857. The molecule has 1 heterocycles. The first-order chi connectivity index (χ1) is 10.4. The van der Waals surface area contributed by atoms with Crippen LogP contribution in [0.4, 0.5) is 0 Å². The molecule has 0 bridgehead atoms. The van der Waals surface area contributed by atoms with Crippen molar-refractivity contribution >= 4 is 5.91 Å². The highest BCUT2D eigenvalue weighted by Gasteiger charge is 2.27. The Balaban J connectivity index is 1.92. The van der Waals surface area contributed by atoms with Gasteiger partial charge in [0, 0.05) is 19.6 Å². The van der Waals surface area contributed by atoms with E-state index in [1.807, 2.05) is 38.7 Å². The number of ether oxygens (including phenoxy) is 1. The van der Waals surface area contributed by atoms with Gasteiger partial charge in [-0.1, -0.05) is 12.1 Å². The number of carbonyl (C=O) groups excluding carboxylic acids is 1. The third-order valence-electron chi connectivity index (χ3n) is 4.36. The van der Waals surface area contributed by atoms with Crippen LogP contribution >= 0.6 is 0 Å². The van der Waals surface area contributed by atoms with Crippen LogP contribution in [0.2, 0.25) is 0 Å². The Morgan fingerprint density at radius 3 is 2.77 bits per heavy atom. The summed E-state index contributed by atoms with van der Waals surface area (Å²) in [7, 11) is 0. The van der Waals surface area contributed by atoms with Gasteiger partial charge in [0.2, 0.25) is 5.91 Å². The first kappa shape index (κ1) is 16.8. The van der Waals surface area contributed by atoms with Crippen LogP contribution in [0.25, 0.3) is 0 Å². The predicted octanol–water partition coefficient (Wildman–Crippen LogP) is 1.17. The van der Waals surface area contributed by atoms with Gasteiger partial charge < -0.3 is 15.2 Å². The van der Waals surface area contributed by atoms with Crippen molar-refractivity contribution in [2.75, 3.05) is 26.2 Å². The van der Waals surface area contributed by atoms with Crippen molar-refractivity contribution in [3.05, 3.63) is 28.8 Å². The van der Waals surface area contributed by atoms with E-state index >= 15 is 0 Å². The third kappa shape index (κ3) is 3.78. The molecule has 2 rings (SSSR count). The molecule has 2 N–H and O–H groups in total. The summed E-state index contributed by atoms with van der Waals surface area (Å²) < 4.78 is 5.84. The number of β-amino-alcohol motifs (C(OH)–C–C–N with tert-alkyl or cyclic N) is 1. The normalized spacial score (nSPS) is 20.6. The van der Waals surface area contributed by atoms with Crippen molar-refractivity contribution in [2.24, 2.45) is 0 Å².